The van der Waals surface area contributed by atoms with Crippen LogP contribution in [0.2, 0.25) is 0 Å². The summed E-state index contributed by atoms with van der Waals surface area (Å²) >= 11 is 0. The molecule has 0 saturated carbocycles. The second-order valence-electron chi connectivity index (χ2n) is 5.51. The maximum atomic E-state index is 12.6. The fourth-order valence-corrected chi connectivity index (χ4v) is 3.08. The van der Waals surface area contributed by atoms with Crippen molar-refractivity contribution in [1.82, 2.24) is 14.5 Å². The van der Waals surface area contributed by atoms with E-state index < -0.39 is 0 Å². The smallest absolute Gasteiger partial charge is 0.226 e. The molecule has 2 aliphatic rings. The average Bonchev–Trinajstić information content (AvgIpc) is 2.96. The van der Waals surface area contributed by atoms with Crippen LogP contribution >= 0.6 is 0 Å². The van der Waals surface area contributed by atoms with Gasteiger partial charge < -0.3 is 18.9 Å². The van der Waals surface area contributed by atoms with Crippen molar-refractivity contribution in [2.45, 2.75) is 25.4 Å². The SMILES string of the molecule is COCC1CN(C(=O)C2CCOCC2)Cc2cncn21. The molecule has 1 aromatic rings. The Labute approximate surface area is 118 Å². The summed E-state index contributed by atoms with van der Waals surface area (Å²) in [6.45, 7) is 3.35. The van der Waals surface area contributed by atoms with E-state index in [0.29, 0.717) is 32.9 Å². The molecule has 0 spiro atoms. The average molecular weight is 279 g/mol. The van der Waals surface area contributed by atoms with Crippen molar-refractivity contribution in [2.24, 2.45) is 5.92 Å². The van der Waals surface area contributed by atoms with Gasteiger partial charge in [0, 0.05) is 39.0 Å². The third kappa shape index (κ3) is 2.58. The Morgan fingerprint density at radius 3 is 3.05 bits per heavy atom. The largest absolute Gasteiger partial charge is 0.382 e. The Kier molecular flexibility index (Phi) is 4.03. The highest BCUT2D eigenvalue weighted by molar-refractivity contribution is 5.79. The van der Waals surface area contributed by atoms with Crippen LogP contribution in [0.5, 0.6) is 0 Å². The Balaban J connectivity index is 1.73. The number of carbonyl (C=O) groups is 1. The lowest BCUT2D eigenvalue weighted by Crippen LogP contribution is -2.45. The molecule has 6 heteroatoms. The first-order valence-corrected chi connectivity index (χ1v) is 7.15. The minimum absolute atomic E-state index is 0.112. The summed E-state index contributed by atoms with van der Waals surface area (Å²) in [6, 6.07) is 0.162. The molecule has 1 fully saturated rings. The summed E-state index contributed by atoms with van der Waals surface area (Å²) in [5.74, 6) is 0.364. The van der Waals surface area contributed by atoms with E-state index in [1.165, 1.54) is 0 Å². The molecule has 6 nitrogen and oxygen atoms in total. The summed E-state index contributed by atoms with van der Waals surface area (Å²) in [5.41, 5.74) is 1.08. The van der Waals surface area contributed by atoms with Gasteiger partial charge in [-0.05, 0) is 12.8 Å². The molecular formula is C14H21N3O3. The van der Waals surface area contributed by atoms with Crippen molar-refractivity contribution < 1.29 is 14.3 Å². The zero-order valence-electron chi connectivity index (χ0n) is 11.8. The number of hydrogen-bond donors (Lipinski definition) is 0. The molecule has 110 valence electrons. The molecule has 1 saturated heterocycles. The summed E-state index contributed by atoms with van der Waals surface area (Å²) in [5, 5.41) is 0. The number of fused-ring (bicyclic) bond motifs is 1. The lowest BCUT2D eigenvalue weighted by Gasteiger charge is -2.36. The fourth-order valence-electron chi connectivity index (χ4n) is 3.08. The maximum Gasteiger partial charge on any atom is 0.226 e. The van der Waals surface area contributed by atoms with Crippen LogP contribution < -0.4 is 0 Å². The van der Waals surface area contributed by atoms with E-state index in [1.54, 1.807) is 7.11 Å². The lowest BCUT2D eigenvalue weighted by molar-refractivity contribution is -0.141. The molecule has 1 unspecified atom stereocenters. The van der Waals surface area contributed by atoms with Crippen LogP contribution in [-0.4, -0.2) is 53.8 Å². The second kappa shape index (κ2) is 5.93. The molecule has 1 amide bonds. The van der Waals surface area contributed by atoms with Gasteiger partial charge in [0.05, 0.1) is 31.2 Å². The van der Waals surface area contributed by atoms with Gasteiger partial charge in [0.15, 0.2) is 0 Å². The van der Waals surface area contributed by atoms with Crippen molar-refractivity contribution in [2.75, 3.05) is 33.5 Å². The number of methoxy groups -OCH3 is 1. The molecule has 2 aliphatic heterocycles. The molecule has 3 heterocycles. The zero-order valence-corrected chi connectivity index (χ0v) is 11.8. The number of carbonyl (C=O) groups excluding carboxylic acids is 1. The van der Waals surface area contributed by atoms with Gasteiger partial charge in [0.1, 0.15) is 0 Å². The van der Waals surface area contributed by atoms with Gasteiger partial charge in [-0.15, -0.1) is 0 Å². The second-order valence-corrected chi connectivity index (χ2v) is 5.51. The number of ether oxygens (including phenoxy) is 2. The first-order chi connectivity index (χ1) is 9.79. The number of rotatable bonds is 3. The van der Waals surface area contributed by atoms with Gasteiger partial charge in [-0.25, -0.2) is 4.98 Å². The highest BCUT2D eigenvalue weighted by Crippen LogP contribution is 2.25. The van der Waals surface area contributed by atoms with E-state index in [9.17, 15) is 4.79 Å². The predicted octanol–water partition coefficient (Wildman–Crippen LogP) is 0.839. The van der Waals surface area contributed by atoms with Crippen molar-refractivity contribution in [1.29, 1.82) is 0 Å². The summed E-state index contributed by atoms with van der Waals surface area (Å²) in [6.07, 6.45) is 5.34. The standard InChI is InChI=1S/C14H21N3O3/c1-19-9-13-8-16(7-12-6-15-10-17(12)13)14(18)11-2-4-20-5-3-11/h6,10-11,13H,2-5,7-9H2,1H3. The maximum absolute atomic E-state index is 12.6. The van der Waals surface area contributed by atoms with Crippen LogP contribution in [-0.2, 0) is 20.8 Å². The monoisotopic (exact) mass is 279 g/mol. The van der Waals surface area contributed by atoms with E-state index in [1.807, 2.05) is 17.4 Å². The van der Waals surface area contributed by atoms with Crippen LogP contribution in [0.25, 0.3) is 0 Å². The van der Waals surface area contributed by atoms with Gasteiger partial charge in [-0.3, -0.25) is 4.79 Å². The third-order valence-corrected chi connectivity index (χ3v) is 4.16. The van der Waals surface area contributed by atoms with Crippen molar-refractivity contribution in [3.05, 3.63) is 18.2 Å². The number of aromatic nitrogens is 2. The van der Waals surface area contributed by atoms with E-state index in [4.69, 9.17) is 9.47 Å². The molecule has 3 rings (SSSR count). The van der Waals surface area contributed by atoms with Crippen molar-refractivity contribution >= 4 is 5.91 Å². The van der Waals surface area contributed by atoms with Gasteiger partial charge in [0.25, 0.3) is 0 Å². The molecule has 0 radical (unpaired) electrons. The Hall–Kier alpha value is -1.40. The number of hydrogen-bond acceptors (Lipinski definition) is 4. The molecule has 20 heavy (non-hydrogen) atoms. The predicted molar refractivity (Wildman–Crippen MR) is 72.1 cm³/mol. The summed E-state index contributed by atoms with van der Waals surface area (Å²) < 4.78 is 12.7. The number of amides is 1. The minimum Gasteiger partial charge on any atom is -0.382 e. The molecule has 1 atom stereocenters. The minimum atomic E-state index is 0.112. The zero-order chi connectivity index (χ0) is 13.9. The van der Waals surface area contributed by atoms with Crippen molar-refractivity contribution in [3.8, 4) is 0 Å². The van der Waals surface area contributed by atoms with Gasteiger partial charge in [-0.2, -0.15) is 0 Å². The number of imidazole rings is 1. The quantitative estimate of drug-likeness (QED) is 0.822. The van der Waals surface area contributed by atoms with Crippen LogP contribution in [0, 0.1) is 5.92 Å². The van der Waals surface area contributed by atoms with Crippen molar-refractivity contribution in [3.63, 3.8) is 0 Å². The number of nitrogens with zero attached hydrogens (tertiary/aromatic N) is 3. The highest BCUT2D eigenvalue weighted by Gasteiger charge is 2.32. The van der Waals surface area contributed by atoms with Crippen LogP contribution in [0.3, 0.4) is 0 Å². The van der Waals surface area contributed by atoms with Crippen LogP contribution in [0.4, 0.5) is 0 Å². The Morgan fingerprint density at radius 2 is 2.30 bits per heavy atom. The van der Waals surface area contributed by atoms with E-state index in [2.05, 4.69) is 9.55 Å². The lowest BCUT2D eigenvalue weighted by atomic mass is 9.98. The summed E-state index contributed by atoms with van der Waals surface area (Å²) in [7, 11) is 1.69. The van der Waals surface area contributed by atoms with Gasteiger partial charge in [0.2, 0.25) is 5.91 Å². The molecule has 0 aromatic carbocycles. The van der Waals surface area contributed by atoms with E-state index >= 15 is 0 Å². The summed E-state index contributed by atoms with van der Waals surface area (Å²) in [4.78, 5) is 18.8. The van der Waals surface area contributed by atoms with Crippen LogP contribution in [0.1, 0.15) is 24.6 Å². The normalized spacial score (nSPS) is 23.6. The molecule has 1 aromatic heterocycles. The first kappa shape index (κ1) is 13.6. The van der Waals surface area contributed by atoms with Gasteiger partial charge in [-0.1, -0.05) is 0 Å². The third-order valence-electron chi connectivity index (χ3n) is 4.16. The topological polar surface area (TPSA) is 56.6 Å². The van der Waals surface area contributed by atoms with Gasteiger partial charge >= 0.3 is 0 Å². The molecular weight excluding hydrogens is 258 g/mol. The molecule has 0 N–H and O–H groups in total. The van der Waals surface area contributed by atoms with Crippen LogP contribution in [0.15, 0.2) is 12.5 Å². The first-order valence-electron chi connectivity index (χ1n) is 7.15. The molecule has 0 bridgehead atoms. The Morgan fingerprint density at radius 1 is 1.50 bits per heavy atom. The van der Waals surface area contributed by atoms with E-state index in [0.717, 1.165) is 18.5 Å². The highest BCUT2D eigenvalue weighted by atomic mass is 16.5. The molecule has 0 aliphatic carbocycles. The Bertz CT molecular complexity index is 468. The fraction of sp³-hybridized carbons (Fsp3) is 0.714. The van der Waals surface area contributed by atoms with E-state index in [-0.39, 0.29) is 17.9 Å².